The third-order valence-electron chi connectivity index (χ3n) is 2.10. The second-order valence-corrected chi connectivity index (χ2v) is 3.11. The summed E-state index contributed by atoms with van der Waals surface area (Å²) < 4.78 is 0. The highest BCUT2D eigenvalue weighted by Crippen LogP contribution is 2.21. The Morgan fingerprint density at radius 1 is 1.73 bits per heavy atom. The van der Waals surface area contributed by atoms with Crippen LogP contribution in [0.5, 0.6) is 0 Å². The second-order valence-electron chi connectivity index (χ2n) is 3.11. The zero-order valence-corrected chi connectivity index (χ0v) is 6.92. The van der Waals surface area contributed by atoms with E-state index < -0.39 is 0 Å². The number of aliphatic hydroxyl groups is 1. The van der Waals surface area contributed by atoms with Crippen molar-refractivity contribution in [3.63, 3.8) is 0 Å². The first-order valence-corrected chi connectivity index (χ1v) is 4.31. The fourth-order valence-corrected chi connectivity index (χ4v) is 1.47. The van der Waals surface area contributed by atoms with Crippen LogP contribution in [0.2, 0.25) is 0 Å². The van der Waals surface area contributed by atoms with Gasteiger partial charge in [0.2, 0.25) is 0 Å². The maximum Gasteiger partial charge on any atom is 0.0723 e. The van der Waals surface area contributed by atoms with Crippen LogP contribution in [0.15, 0.2) is 24.3 Å². The minimum absolute atomic E-state index is 0.177. The Morgan fingerprint density at radius 3 is 3.18 bits per heavy atom. The Labute approximate surface area is 68.4 Å². The quantitative estimate of drug-likeness (QED) is 0.616. The van der Waals surface area contributed by atoms with E-state index in [0.717, 1.165) is 25.7 Å². The fourth-order valence-electron chi connectivity index (χ4n) is 1.47. The van der Waals surface area contributed by atoms with Crippen molar-refractivity contribution in [3.8, 4) is 0 Å². The number of hydrogen-bond acceptors (Lipinski definition) is 1. The summed E-state index contributed by atoms with van der Waals surface area (Å²) in [6.07, 6.45) is 9.14. The molecule has 0 amide bonds. The molecule has 1 N–H and O–H groups in total. The van der Waals surface area contributed by atoms with Gasteiger partial charge in [-0.1, -0.05) is 17.7 Å². The van der Waals surface area contributed by atoms with Crippen LogP contribution in [0, 0.1) is 0 Å². The molecule has 11 heavy (non-hydrogen) atoms. The monoisotopic (exact) mass is 152 g/mol. The summed E-state index contributed by atoms with van der Waals surface area (Å²) in [4.78, 5) is 0. The van der Waals surface area contributed by atoms with E-state index in [1.54, 1.807) is 0 Å². The highest BCUT2D eigenvalue weighted by molar-refractivity contribution is 5.09. The molecule has 1 rings (SSSR count). The Balaban J connectivity index is 2.36. The smallest absolute Gasteiger partial charge is 0.0723 e. The number of aliphatic hydroxyl groups excluding tert-OH is 1. The van der Waals surface area contributed by atoms with E-state index in [1.165, 1.54) is 12.0 Å². The van der Waals surface area contributed by atoms with Gasteiger partial charge in [0.25, 0.3) is 0 Å². The molecule has 1 heteroatoms. The zero-order valence-electron chi connectivity index (χ0n) is 6.92. The van der Waals surface area contributed by atoms with Crippen molar-refractivity contribution < 1.29 is 5.11 Å². The third kappa shape index (κ3) is 2.89. The summed E-state index contributed by atoms with van der Waals surface area (Å²) >= 11 is 0. The fraction of sp³-hybridized carbons (Fsp3) is 0.600. The minimum atomic E-state index is -0.177. The predicted octanol–water partition coefficient (Wildman–Crippen LogP) is 2.42. The van der Waals surface area contributed by atoms with Crippen LogP contribution in [0.25, 0.3) is 0 Å². The summed E-state index contributed by atoms with van der Waals surface area (Å²) in [5, 5.41) is 9.28. The molecule has 0 saturated carbocycles. The molecule has 0 heterocycles. The number of hydrogen-bond donors (Lipinski definition) is 1. The van der Waals surface area contributed by atoms with Gasteiger partial charge in [-0.15, -0.1) is 6.58 Å². The molecule has 0 radical (unpaired) electrons. The van der Waals surface area contributed by atoms with Crippen molar-refractivity contribution in [3.05, 3.63) is 24.3 Å². The number of allylic oxidation sites excluding steroid dienone is 2. The molecule has 1 atom stereocenters. The normalized spacial score (nSPS) is 24.5. The molecule has 0 aromatic heterocycles. The van der Waals surface area contributed by atoms with Gasteiger partial charge in [0.15, 0.2) is 0 Å². The first-order valence-electron chi connectivity index (χ1n) is 4.31. The molecule has 0 aliphatic heterocycles. The van der Waals surface area contributed by atoms with E-state index in [9.17, 15) is 5.11 Å². The van der Waals surface area contributed by atoms with Crippen LogP contribution in [-0.4, -0.2) is 11.2 Å². The Morgan fingerprint density at radius 2 is 2.55 bits per heavy atom. The van der Waals surface area contributed by atoms with Crippen molar-refractivity contribution >= 4 is 0 Å². The Hall–Kier alpha value is -0.560. The predicted molar refractivity (Wildman–Crippen MR) is 47.4 cm³/mol. The molecular formula is C10H16O. The maximum atomic E-state index is 9.28. The molecule has 1 nitrogen and oxygen atoms in total. The first-order chi connectivity index (χ1) is 5.33. The van der Waals surface area contributed by atoms with Crippen LogP contribution >= 0.6 is 0 Å². The van der Waals surface area contributed by atoms with Crippen LogP contribution in [0.3, 0.4) is 0 Å². The molecular weight excluding hydrogens is 136 g/mol. The topological polar surface area (TPSA) is 20.2 Å². The van der Waals surface area contributed by atoms with Gasteiger partial charge in [-0.2, -0.15) is 0 Å². The highest BCUT2D eigenvalue weighted by Gasteiger charge is 2.09. The van der Waals surface area contributed by atoms with Gasteiger partial charge in [-0.25, -0.2) is 0 Å². The lowest BCUT2D eigenvalue weighted by molar-refractivity contribution is 0.201. The summed E-state index contributed by atoms with van der Waals surface area (Å²) in [6.45, 7) is 3.67. The summed E-state index contributed by atoms with van der Waals surface area (Å²) in [6, 6.07) is 0. The van der Waals surface area contributed by atoms with Gasteiger partial charge in [-0.05, 0) is 32.1 Å². The van der Waals surface area contributed by atoms with Crippen LogP contribution < -0.4 is 0 Å². The van der Waals surface area contributed by atoms with Gasteiger partial charge >= 0.3 is 0 Å². The van der Waals surface area contributed by atoms with Gasteiger partial charge in [0.05, 0.1) is 6.10 Å². The average molecular weight is 152 g/mol. The van der Waals surface area contributed by atoms with E-state index in [1.807, 2.05) is 12.2 Å². The van der Waals surface area contributed by atoms with Gasteiger partial charge < -0.3 is 5.11 Å². The maximum absolute atomic E-state index is 9.28. The lowest BCUT2D eigenvalue weighted by atomic mass is 9.94. The van der Waals surface area contributed by atoms with E-state index in [2.05, 4.69) is 6.58 Å². The number of rotatable bonds is 3. The van der Waals surface area contributed by atoms with Crippen molar-refractivity contribution in [2.24, 2.45) is 0 Å². The average Bonchev–Trinajstić information content (AvgIpc) is 2.01. The van der Waals surface area contributed by atoms with E-state index in [-0.39, 0.29) is 6.10 Å². The van der Waals surface area contributed by atoms with Crippen LogP contribution in [0.1, 0.15) is 32.1 Å². The molecule has 1 unspecified atom stereocenters. The highest BCUT2D eigenvalue weighted by atomic mass is 16.3. The standard InChI is InChI=1S/C10H16O/c1-2-3-5-9-6-4-7-10(11)8-9/h2,8,10-11H,1,3-7H2. The van der Waals surface area contributed by atoms with Gasteiger partial charge in [-0.3, -0.25) is 0 Å². The molecule has 0 bridgehead atoms. The van der Waals surface area contributed by atoms with E-state index in [0.29, 0.717) is 0 Å². The van der Waals surface area contributed by atoms with Crippen LogP contribution in [0.4, 0.5) is 0 Å². The molecule has 0 fully saturated rings. The van der Waals surface area contributed by atoms with Gasteiger partial charge in [0, 0.05) is 0 Å². The SMILES string of the molecule is C=CCCC1=CC(O)CCC1. The van der Waals surface area contributed by atoms with Crippen LogP contribution in [-0.2, 0) is 0 Å². The summed E-state index contributed by atoms with van der Waals surface area (Å²) in [5.41, 5.74) is 1.41. The van der Waals surface area contributed by atoms with Gasteiger partial charge in [0.1, 0.15) is 0 Å². The zero-order chi connectivity index (χ0) is 8.10. The lowest BCUT2D eigenvalue weighted by Gasteiger charge is -2.16. The Kier molecular flexibility index (Phi) is 3.37. The second kappa shape index (κ2) is 4.35. The first kappa shape index (κ1) is 8.54. The largest absolute Gasteiger partial charge is 0.389 e. The summed E-state index contributed by atoms with van der Waals surface area (Å²) in [7, 11) is 0. The molecule has 62 valence electrons. The minimum Gasteiger partial charge on any atom is -0.389 e. The van der Waals surface area contributed by atoms with E-state index in [4.69, 9.17) is 0 Å². The lowest BCUT2D eigenvalue weighted by Crippen LogP contribution is -2.08. The third-order valence-corrected chi connectivity index (χ3v) is 2.10. The Bertz CT molecular complexity index is 158. The summed E-state index contributed by atoms with van der Waals surface area (Å²) in [5.74, 6) is 0. The van der Waals surface area contributed by atoms with Crippen molar-refractivity contribution in [1.82, 2.24) is 0 Å². The van der Waals surface area contributed by atoms with Crippen molar-refractivity contribution in [2.75, 3.05) is 0 Å². The molecule has 1 aliphatic carbocycles. The molecule has 0 saturated heterocycles. The molecule has 0 aromatic rings. The molecule has 0 spiro atoms. The molecule has 1 aliphatic rings. The molecule has 0 aromatic carbocycles. The van der Waals surface area contributed by atoms with Crippen molar-refractivity contribution in [1.29, 1.82) is 0 Å². The van der Waals surface area contributed by atoms with Crippen molar-refractivity contribution in [2.45, 2.75) is 38.2 Å². The van der Waals surface area contributed by atoms with E-state index >= 15 is 0 Å².